The molecule has 16 heavy (non-hydrogen) atoms. The summed E-state index contributed by atoms with van der Waals surface area (Å²) in [6, 6.07) is 8.90. The Morgan fingerprint density at radius 1 is 1.25 bits per heavy atom. The highest BCUT2D eigenvalue weighted by Crippen LogP contribution is 2.19. The van der Waals surface area contributed by atoms with Gasteiger partial charge in [0.15, 0.2) is 0 Å². The van der Waals surface area contributed by atoms with Crippen LogP contribution in [-0.4, -0.2) is 19.8 Å². The minimum Gasteiger partial charge on any atom is -0.377 e. The molecule has 0 bridgehead atoms. The van der Waals surface area contributed by atoms with E-state index in [0.29, 0.717) is 0 Å². The number of likely N-dealkylation sites (N-methyl/N-ethyl adjacent to an activating group) is 1. The summed E-state index contributed by atoms with van der Waals surface area (Å²) in [5.74, 6) is 0. The van der Waals surface area contributed by atoms with Crippen LogP contribution >= 0.6 is 0 Å². The number of hydrogen-bond donors (Lipinski definition) is 1. The quantitative estimate of drug-likeness (QED) is 0.797. The van der Waals surface area contributed by atoms with E-state index in [9.17, 15) is 0 Å². The van der Waals surface area contributed by atoms with Crippen molar-refractivity contribution in [2.24, 2.45) is 0 Å². The second kappa shape index (κ2) is 6.66. The molecule has 0 aliphatic carbocycles. The van der Waals surface area contributed by atoms with Crippen LogP contribution in [0.3, 0.4) is 0 Å². The molecule has 1 aromatic rings. The van der Waals surface area contributed by atoms with Crippen LogP contribution in [0.25, 0.3) is 0 Å². The number of hydrogen-bond acceptors (Lipinski definition) is 2. The SMILES string of the molecule is CCCOC(C)C(NC)c1ccc(C)cc1. The predicted octanol–water partition coefficient (Wildman–Crippen LogP) is 3.07. The molecule has 2 unspecified atom stereocenters. The fraction of sp³-hybridized carbons (Fsp3) is 0.571. The molecule has 90 valence electrons. The van der Waals surface area contributed by atoms with Crippen LogP contribution < -0.4 is 5.32 Å². The van der Waals surface area contributed by atoms with Gasteiger partial charge in [0.1, 0.15) is 0 Å². The van der Waals surface area contributed by atoms with Gasteiger partial charge in [-0.25, -0.2) is 0 Å². The second-order valence-electron chi connectivity index (χ2n) is 4.25. The molecule has 0 aromatic heterocycles. The highest BCUT2D eigenvalue weighted by molar-refractivity contribution is 5.24. The third-order valence-corrected chi connectivity index (χ3v) is 2.80. The van der Waals surface area contributed by atoms with Crippen molar-refractivity contribution in [3.8, 4) is 0 Å². The lowest BCUT2D eigenvalue weighted by Gasteiger charge is -2.24. The van der Waals surface area contributed by atoms with Crippen LogP contribution in [0.2, 0.25) is 0 Å². The van der Waals surface area contributed by atoms with E-state index in [0.717, 1.165) is 13.0 Å². The van der Waals surface area contributed by atoms with Crippen molar-refractivity contribution in [1.82, 2.24) is 5.32 Å². The number of ether oxygens (including phenoxy) is 1. The molecule has 0 aliphatic heterocycles. The Bertz CT molecular complexity index is 294. The lowest BCUT2D eigenvalue weighted by Crippen LogP contribution is -2.29. The summed E-state index contributed by atoms with van der Waals surface area (Å²) in [5.41, 5.74) is 2.58. The molecule has 0 heterocycles. The molecule has 2 nitrogen and oxygen atoms in total. The summed E-state index contributed by atoms with van der Waals surface area (Å²) < 4.78 is 5.77. The summed E-state index contributed by atoms with van der Waals surface area (Å²) in [5, 5.41) is 3.32. The average molecular weight is 221 g/mol. The van der Waals surface area contributed by atoms with Gasteiger partial charge in [-0.2, -0.15) is 0 Å². The van der Waals surface area contributed by atoms with Gasteiger partial charge in [0.2, 0.25) is 0 Å². The highest BCUT2D eigenvalue weighted by Gasteiger charge is 2.17. The predicted molar refractivity (Wildman–Crippen MR) is 68.7 cm³/mol. The van der Waals surface area contributed by atoms with E-state index >= 15 is 0 Å². The minimum atomic E-state index is 0.202. The molecule has 2 atom stereocenters. The van der Waals surface area contributed by atoms with E-state index in [2.05, 4.69) is 50.4 Å². The van der Waals surface area contributed by atoms with Gasteiger partial charge in [0, 0.05) is 6.61 Å². The van der Waals surface area contributed by atoms with Crippen molar-refractivity contribution in [2.45, 2.75) is 39.3 Å². The van der Waals surface area contributed by atoms with Gasteiger partial charge in [-0.3, -0.25) is 0 Å². The zero-order chi connectivity index (χ0) is 12.0. The number of benzene rings is 1. The van der Waals surface area contributed by atoms with Crippen LogP contribution in [0.1, 0.15) is 37.4 Å². The first-order chi connectivity index (χ1) is 7.69. The van der Waals surface area contributed by atoms with E-state index < -0.39 is 0 Å². The monoisotopic (exact) mass is 221 g/mol. The largest absolute Gasteiger partial charge is 0.377 e. The van der Waals surface area contributed by atoms with Gasteiger partial charge in [0.25, 0.3) is 0 Å². The van der Waals surface area contributed by atoms with Gasteiger partial charge >= 0.3 is 0 Å². The summed E-state index contributed by atoms with van der Waals surface area (Å²) in [4.78, 5) is 0. The van der Waals surface area contributed by atoms with E-state index in [1.165, 1.54) is 11.1 Å². The molecule has 2 heteroatoms. The van der Waals surface area contributed by atoms with Crippen LogP contribution in [0.4, 0.5) is 0 Å². The van der Waals surface area contributed by atoms with Gasteiger partial charge < -0.3 is 10.1 Å². The summed E-state index contributed by atoms with van der Waals surface area (Å²) in [7, 11) is 1.98. The van der Waals surface area contributed by atoms with E-state index in [1.807, 2.05) is 7.05 Å². The molecule has 1 aromatic carbocycles. The molecule has 0 saturated heterocycles. The van der Waals surface area contributed by atoms with Crippen molar-refractivity contribution in [3.63, 3.8) is 0 Å². The Labute approximate surface area is 99.0 Å². The maximum absolute atomic E-state index is 5.77. The second-order valence-corrected chi connectivity index (χ2v) is 4.25. The molecule has 0 fully saturated rings. The first-order valence-corrected chi connectivity index (χ1v) is 6.04. The number of aryl methyl sites for hydroxylation is 1. The molecule has 1 rings (SSSR count). The minimum absolute atomic E-state index is 0.202. The Kier molecular flexibility index (Phi) is 5.50. The lowest BCUT2D eigenvalue weighted by atomic mass is 10.0. The maximum atomic E-state index is 5.77. The summed E-state index contributed by atoms with van der Waals surface area (Å²) in [6.45, 7) is 7.18. The smallest absolute Gasteiger partial charge is 0.0741 e. The van der Waals surface area contributed by atoms with Crippen molar-refractivity contribution in [1.29, 1.82) is 0 Å². The molecular weight excluding hydrogens is 198 g/mol. The van der Waals surface area contributed by atoms with Crippen molar-refractivity contribution < 1.29 is 4.74 Å². The highest BCUT2D eigenvalue weighted by atomic mass is 16.5. The molecular formula is C14H23NO. The summed E-state index contributed by atoms with van der Waals surface area (Å²) >= 11 is 0. The van der Waals surface area contributed by atoms with Crippen molar-refractivity contribution in [2.75, 3.05) is 13.7 Å². The number of rotatable bonds is 6. The van der Waals surface area contributed by atoms with Gasteiger partial charge in [-0.15, -0.1) is 0 Å². The third-order valence-electron chi connectivity index (χ3n) is 2.80. The Balaban J connectivity index is 2.69. The van der Waals surface area contributed by atoms with Crippen molar-refractivity contribution in [3.05, 3.63) is 35.4 Å². The molecule has 0 aliphatic rings. The molecule has 0 spiro atoms. The topological polar surface area (TPSA) is 21.3 Å². The Hall–Kier alpha value is -0.860. The van der Waals surface area contributed by atoms with Gasteiger partial charge in [0.05, 0.1) is 12.1 Å². The normalized spacial score (nSPS) is 14.8. The zero-order valence-corrected chi connectivity index (χ0v) is 10.8. The van der Waals surface area contributed by atoms with Gasteiger partial charge in [-0.1, -0.05) is 36.8 Å². The summed E-state index contributed by atoms with van der Waals surface area (Å²) in [6.07, 6.45) is 1.27. The third kappa shape index (κ3) is 3.62. The van der Waals surface area contributed by atoms with Crippen molar-refractivity contribution >= 4 is 0 Å². The zero-order valence-electron chi connectivity index (χ0n) is 10.8. The molecule has 1 N–H and O–H groups in total. The van der Waals surface area contributed by atoms with Crippen LogP contribution in [0.5, 0.6) is 0 Å². The number of nitrogens with one attached hydrogen (secondary N) is 1. The fourth-order valence-electron chi connectivity index (χ4n) is 1.85. The molecule has 0 radical (unpaired) electrons. The first-order valence-electron chi connectivity index (χ1n) is 6.04. The van der Waals surface area contributed by atoms with E-state index in [4.69, 9.17) is 4.74 Å². The van der Waals surface area contributed by atoms with Crippen LogP contribution in [0.15, 0.2) is 24.3 Å². The standard InChI is InChI=1S/C14H23NO/c1-5-10-16-12(3)14(15-4)13-8-6-11(2)7-9-13/h6-9,12,14-15H,5,10H2,1-4H3. The van der Waals surface area contributed by atoms with Crippen LogP contribution in [-0.2, 0) is 4.74 Å². The molecule has 0 saturated carbocycles. The van der Waals surface area contributed by atoms with Gasteiger partial charge in [-0.05, 0) is 32.9 Å². The first kappa shape index (κ1) is 13.2. The Morgan fingerprint density at radius 3 is 2.38 bits per heavy atom. The fourth-order valence-corrected chi connectivity index (χ4v) is 1.85. The van der Waals surface area contributed by atoms with E-state index in [-0.39, 0.29) is 12.1 Å². The Morgan fingerprint density at radius 2 is 1.88 bits per heavy atom. The molecule has 0 amide bonds. The average Bonchev–Trinajstić information content (AvgIpc) is 2.30. The lowest BCUT2D eigenvalue weighted by molar-refractivity contribution is 0.0408. The van der Waals surface area contributed by atoms with E-state index in [1.54, 1.807) is 0 Å². The maximum Gasteiger partial charge on any atom is 0.0741 e. The van der Waals surface area contributed by atoms with Crippen LogP contribution in [0, 0.1) is 6.92 Å².